The molecule has 0 saturated heterocycles. The van der Waals surface area contributed by atoms with Crippen LogP contribution in [-0.4, -0.2) is 47.6 Å². The summed E-state index contributed by atoms with van der Waals surface area (Å²) >= 11 is 8.88. The van der Waals surface area contributed by atoms with Crippen LogP contribution in [0.15, 0.2) is 39.8 Å². The van der Waals surface area contributed by atoms with Gasteiger partial charge in [0.05, 0.1) is 20.4 Å². The van der Waals surface area contributed by atoms with E-state index < -0.39 is 21.1 Å². The predicted octanol–water partition coefficient (Wildman–Crippen LogP) is 1.55. The molecule has 1 unspecified atom stereocenters. The van der Waals surface area contributed by atoms with E-state index in [-0.39, 0.29) is 29.0 Å². The van der Waals surface area contributed by atoms with Crippen molar-refractivity contribution in [3.05, 3.63) is 50.3 Å². The van der Waals surface area contributed by atoms with E-state index in [0.717, 1.165) is 6.07 Å². The fourth-order valence-electron chi connectivity index (χ4n) is 1.81. The fraction of sp³-hybridized carbons (Fsp3) is 0.231. The number of benzene rings is 1. The summed E-state index contributed by atoms with van der Waals surface area (Å²) in [6.07, 6.45) is 0.332. The largest absolute Gasteiger partial charge is 0.390 e. The van der Waals surface area contributed by atoms with Crippen LogP contribution in [0.4, 0.5) is 11.5 Å². The van der Waals surface area contributed by atoms with E-state index in [0.29, 0.717) is 10.3 Å². The first-order valence-corrected chi connectivity index (χ1v) is 9.68. The molecule has 10 nitrogen and oxygen atoms in total. The summed E-state index contributed by atoms with van der Waals surface area (Å²) in [5.74, 6) is 0.339. The van der Waals surface area contributed by atoms with Gasteiger partial charge in [-0.25, -0.2) is 18.1 Å². The van der Waals surface area contributed by atoms with E-state index in [2.05, 4.69) is 35.9 Å². The zero-order valence-electron chi connectivity index (χ0n) is 13.0. The molecule has 1 heterocycles. The zero-order valence-corrected chi connectivity index (χ0v) is 16.1. The third-order valence-electron chi connectivity index (χ3n) is 3.07. The van der Waals surface area contributed by atoms with Gasteiger partial charge in [0, 0.05) is 31.4 Å². The van der Waals surface area contributed by atoms with Crippen LogP contribution in [0.5, 0.6) is 0 Å². The lowest BCUT2D eigenvalue weighted by atomic mass is 10.3. The molecule has 3 N–H and O–H groups in total. The van der Waals surface area contributed by atoms with Crippen LogP contribution >= 0.6 is 27.5 Å². The minimum absolute atomic E-state index is 0.0107. The highest BCUT2D eigenvalue weighted by Gasteiger charge is 2.19. The maximum absolute atomic E-state index is 12.2. The lowest BCUT2D eigenvalue weighted by Crippen LogP contribution is -2.36. The summed E-state index contributed by atoms with van der Waals surface area (Å²) in [4.78, 5) is 17.4. The van der Waals surface area contributed by atoms with Crippen LogP contribution in [-0.2, 0) is 10.0 Å². The van der Waals surface area contributed by atoms with Gasteiger partial charge in [-0.15, -0.1) is 0 Å². The summed E-state index contributed by atoms with van der Waals surface area (Å²) in [6, 6.07) is 4.61. The van der Waals surface area contributed by atoms with Crippen LogP contribution in [0.3, 0.4) is 0 Å². The number of aliphatic hydroxyl groups excluding tert-OH is 1. The lowest BCUT2D eigenvalue weighted by molar-refractivity contribution is -0.385. The Labute approximate surface area is 162 Å². The standard InChI is InChI=1S/C13H13BrClN5O5S/c14-11-7-17-13(15)19-12(11)16-5-9(21)6-18-26(24,25)10-3-1-2-8(4-10)20(22)23/h1-4,7,9,18,21H,5-6H2,(H,16,17,19). The molecule has 13 heteroatoms. The Bertz CT molecular complexity index is 914. The molecule has 0 aliphatic carbocycles. The Balaban J connectivity index is 1.95. The number of nitro groups is 1. The summed E-state index contributed by atoms with van der Waals surface area (Å²) in [6.45, 7) is -0.335. The molecule has 0 radical (unpaired) electrons. The second-order valence-electron chi connectivity index (χ2n) is 4.98. The molecule has 1 aromatic carbocycles. The summed E-state index contributed by atoms with van der Waals surface area (Å²) in [5.41, 5.74) is -0.347. The molecule has 140 valence electrons. The summed E-state index contributed by atoms with van der Waals surface area (Å²) in [5, 5.41) is 23.5. The van der Waals surface area contributed by atoms with Crippen LogP contribution in [0.25, 0.3) is 0 Å². The highest BCUT2D eigenvalue weighted by molar-refractivity contribution is 9.10. The van der Waals surface area contributed by atoms with Crippen molar-refractivity contribution < 1.29 is 18.4 Å². The maximum Gasteiger partial charge on any atom is 0.270 e. The molecule has 26 heavy (non-hydrogen) atoms. The van der Waals surface area contributed by atoms with Crippen LogP contribution in [0.2, 0.25) is 5.28 Å². The second-order valence-corrected chi connectivity index (χ2v) is 7.94. The average Bonchev–Trinajstić information content (AvgIpc) is 2.61. The summed E-state index contributed by atoms with van der Waals surface area (Å²) in [7, 11) is -4.01. The Morgan fingerprint density at radius 1 is 1.38 bits per heavy atom. The van der Waals surface area contributed by atoms with Gasteiger partial charge in [-0.3, -0.25) is 10.1 Å². The van der Waals surface area contributed by atoms with Gasteiger partial charge >= 0.3 is 0 Å². The quantitative estimate of drug-likeness (QED) is 0.301. The molecular formula is C13H13BrClN5O5S. The van der Waals surface area contributed by atoms with E-state index in [9.17, 15) is 23.6 Å². The van der Waals surface area contributed by atoms with E-state index >= 15 is 0 Å². The highest BCUT2D eigenvalue weighted by Crippen LogP contribution is 2.20. The van der Waals surface area contributed by atoms with Crippen LogP contribution < -0.4 is 10.0 Å². The third-order valence-corrected chi connectivity index (χ3v) is 5.25. The highest BCUT2D eigenvalue weighted by atomic mass is 79.9. The Morgan fingerprint density at radius 2 is 2.12 bits per heavy atom. The topological polar surface area (TPSA) is 147 Å². The molecule has 0 amide bonds. The van der Waals surface area contributed by atoms with Gasteiger partial charge in [0.1, 0.15) is 5.82 Å². The first kappa shape index (κ1) is 20.5. The molecule has 0 bridgehead atoms. The number of hydrogen-bond donors (Lipinski definition) is 3. The number of aromatic nitrogens is 2. The zero-order chi connectivity index (χ0) is 19.3. The molecule has 1 aromatic heterocycles. The Kier molecular flexibility index (Phi) is 6.83. The number of nitro benzene ring substituents is 1. The lowest BCUT2D eigenvalue weighted by Gasteiger charge is -2.14. The van der Waals surface area contributed by atoms with Crippen molar-refractivity contribution in [3.8, 4) is 0 Å². The average molecular weight is 467 g/mol. The van der Waals surface area contributed by atoms with Crippen LogP contribution in [0.1, 0.15) is 0 Å². The van der Waals surface area contributed by atoms with E-state index in [1.54, 1.807) is 0 Å². The van der Waals surface area contributed by atoms with E-state index in [1.165, 1.54) is 24.4 Å². The number of non-ortho nitro benzene ring substituents is 1. The Hall–Kier alpha value is -1.86. The molecule has 0 aliphatic rings. The SMILES string of the molecule is O=[N+]([O-])c1cccc(S(=O)(=O)NCC(O)CNc2nc(Cl)ncc2Br)c1. The number of nitrogens with one attached hydrogen (secondary N) is 2. The summed E-state index contributed by atoms with van der Waals surface area (Å²) < 4.78 is 27.1. The van der Waals surface area contributed by atoms with Gasteiger partial charge in [-0.05, 0) is 33.6 Å². The van der Waals surface area contributed by atoms with Crippen molar-refractivity contribution >= 4 is 49.1 Å². The minimum Gasteiger partial charge on any atom is -0.390 e. The molecule has 0 spiro atoms. The molecule has 0 fully saturated rings. The van der Waals surface area contributed by atoms with Gasteiger partial charge in [0.2, 0.25) is 15.3 Å². The number of hydrogen-bond acceptors (Lipinski definition) is 8. The molecule has 2 rings (SSSR count). The van der Waals surface area contributed by atoms with Gasteiger partial charge in [-0.1, -0.05) is 6.07 Å². The first-order valence-electron chi connectivity index (χ1n) is 7.03. The first-order chi connectivity index (χ1) is 12.2. The molecule has 0 aliphatic heterocycles. The van der Waals surface area contributed by atoms with Crippen molar-refractivity contribution in [3.63, 3.8) is 0 Å². The molecule has 0 saturated carbocycles. The number of anilines is 1. The normalized spacial score (nSPS) is 12.6. The van der Waals surface area contributed by atoms with Gasteiger partial charge < -0.3 is 10.4 Å². The van der Waals surface area contributed by atoms with E-state index in [1.807, 2.05) is 0 Å². The molecular weight excluding hydrogens is 454 g/mol. The van der Waals surface area contributed by atoms with Crippen molar-refractivity contribution in [2.75, 3.05) is 18.4 Å². The smallest absolute Gasteiger partial charge is 0.270 e. The van der Waals surface area contributed by atoms with Gasteiger partial charge in [-0.2, -0.15) is 4.98 Å². The number of nitrogens with zero attached hydrogens (tertiary/aromatic N) is 3. The number of halogens is 2. The van der Waals surface area contributed by atoms with E-state index in [4.69, 9.17) is 11.6 Å². The number of aliphatic hydroxyl groups is 1. The molecule has 2 aromatic rings. The number of rotatable bonds is 8. The minimum atomic E-state index is -4.01. The van der Waals surface area contributed by atoms with Crippen molar-refractivity contribution in [1.29, 1.82) is 0 Å². The fourth-order valence-corrected chi connectivity index (χ4v) is 3.39. The molecule has 1 atom stereocenters. The van der Waals surface area contributed by atoms with Crippen molar-refractivity contribution in [2.24, 2.45) is 0 Å². The van der Waals surface area contributed by atoms with Gasteiger partial charge in [0.25, 0.3) is 5.69 Å². The second kappa shape index (κ2) is 8.68. The third kappa shape index (κ3) is 5.57. The predicted molar refractivity (Wildman–Crippen MR) is 97.5 cm³/mol. The van der Waals surface area contributed by atoms with Gasteiger partial charge in [0.15, 0.2) is 0 Å². The monoisotopic (exact) mass is 465 g/mol. The van der Waals surface area contributed by atoms with Crippen molar-refractivity contribution in [1.82, 2.24) is 14.7 Å². The maximum atomic E-state index is 12.2. The Morgan fingerprint density at radius 3 is 2.81 bits per heavy atom. The van der Waals surface area contributed by atoms with Crippen molar-refractivity contribution in [2.45, 2.75) is 11.0 Å². The van der Waals surface area contributed by atoms with Crippen LogP contribution in [0, 0.1) is 10.1 Å². The number of sulfonamides is 1.